The molecule has 0 spiro atoms. The molecule has 1 aliphatic carbocycles. The van der Waals surface area contributed by atoms with Gasteiger partial charge in [-0.25, -0.2) is 4.39 Å². The summed E-state index contributed by atoms with van der Waals surface area (Å²) in [6.45, 7) is 3.65. The van der Waals surface area contributed by atoms with Gasteiger partial charge in [-0.1, -0.05) is 19.9 Å². The van der Waals surface area contributed by atoms with Crippen LogP contribution >= 0.6 is 0 Å². The van der Waals surface area contributed by atoms with Crippen LogP contribution in [-0.4, -0.2) is 28.7 Å². The van der Waals surface area contributed by atoms with Gasteiger partial charge in [0, 0.05) is 30.9 Å². The molecule has 1 aromatic heterocycles. The molecule has 1 atom stereocenters. The van der Waals surface area contributed by atoms with Crippen molar-refractivity contribution in [1.29, 1.82) is 0 Å². The zero-order valence-electron chi connectivity index (χ0n) is 13.3. The second-order valence-corrected chi connectivity index (χ2v) is 6.38. The number of pyridine rings is 1. The van der Waals surface area contributed by atoms with Crippen molar-refractivity contribution in [2.45, 2.75) is 20.3 Å². The van der Waals surface area contributed by atoms with Crippen molar-refractivity contribution in [1.82, 2.24) is 15.2 Å². The van der Waals surface area contributed by atoms with E-state index >= 15 is 0 Å². The number of nitrogens with one attached hydrogen (secondary N) is 1. The van der Waals surface area contributed by atoms with Gasteiger partial charge >= 0.3 is 0 Å². The first-order valence-corrected chi connectivity index (χ1v) is 7.43. The van der Waals surface area contributed by atoms with Crippen molar-refractivity contribution in [2.24, 2.45) is 11.3 Å². The molecule has 2 aliphatic rings. The molecule has 1 aliphatic heterocycles. The van der Waals surface area contributed by atoms with Gasteiger partial charge in [0.15, 0.2) is 5.83 Å². The minimum Gasteiger partial charge on any atom is -0.320 e. The summed E-state index contributed by atoms with van der Waals surface area (Å²) in [6.07, 6.45) is 5.16. The van der Waals surface area contributed by atoms with Crippen molar-refractivity contribution >= 4 is 11.8 Å². The van der Waals surface area contributed by atoms with Gasteiger partial charge in [0.25, 0.3) is 5.91 Å². The van der Waals surface area contributed by atoms with Crippen molar-refractivity contribution in [3.8, 4) is 0 Å². The fraction of sp³-hybridized carbons (Fsp3) is 0.353. The highest BCUT2D eigenvalue weighted by molar-refractivity contribution is 5.95. The molecule has 3 rings (SSSR count). The van der Waals surface area contributed by atoms with Crippen molar-refractivity contribution in [2.75, 3.05) is 7.05 Å². The van der Waals surface area contributed by atoms with Gasteiger partial charge in [-0.2, -0.15) is 0 Å². The molecule has 23 heavy (non-hydrogen) atoms. The van der Waals surface area contributed by atoms with Crippen LogP contribution in [0.3, 0.4) is 0 Å². The van der Waals surface area contributed by atoms with Crippen LogP contribution in [0, 0.1) is 11.3 Å². The number of hydrogen-bond acceptors (Lipinski definition) is 3. The maximum Gasteiger partial charge on any atom is 0.255 e. The van der Waals surface area contributed by atoms with Gasteiger partial charge < -0.3 is 10.2 Å². The molecule has 1 fully saturated rings. The van der Waals surface area contributed by atoms with Crippen LogP contribution in [0.4, 0.5) is 4.39 Å². The number of allylic oxidation sites excluding steroid dienone is 3. The van der Waals surface area contributed by atoms with Crippen LogP contribution in [0.5, 0.6) is 0 Å². The Hall–Kier alpha value is -2.50. The van der Waals surface area contributed by atoms with E-state index in [1.54, 1.807) is 25.3 Å². The van der Waals surface area contributed by atoms with Gasteiger partial charge in [0.1, 0.15) is 0 Å². The second kappa shape index (κ2) is 5.30. The lowest BCUT2D eigenvalue weighted by Crippen LogP contribution is -2.29. The molecular weight excluding hydrogens is 297 g/mol. The predicted molar refractivity (Wildman–Crippen MR) is 82.6 cm³/mol. The number of aromatic nitrogens is 1. The van der Waals surface area contributed by atoms with E-state index in [1.807, 2.05) is 13.8 Å². The van der Waals surface area contributed by atoms with Gasteiger partial charge in [-0.3, -0.25) is 14.6 Å². The topological polar surface area (TPSA) is 62.3 Å². The number of carbonyl (C=O) groups excluding carboxylic acids is 2. The molecule has 5 nitrogen and oxygen atoms in total. The molecule has 1 aromatic rings. The standard InChI is InChI=1S/C17H18FN3O2/c1-17(2)11-4-5-12(13(18)14(11)21(3)16(17)23)20-15(22)10-6-8-19-9-7-10/h5-9,11H,4H2,1-3H3,(H,20,22). The Morgan fingerprint density at radius 3 is 2.70 bits per heavy atom. The maximum absolute atomic E-state index is 14.8. The first-order chi connectivity index (χ1) is 10.8. The van der Waals surface area contributed by atoms with E-state index in [1.165, 1.54) is 17.3 Å². The molecule has 6 heteroatoms. The third kappa shape index (κ3) is 2.34. The van der Waals surface area contributed by atoms with E-state index in [4.69, 9.17) is 0 Å². The lowest BCUT2D eigenvalue weighted by molar-refractivity contribution is -0.133. The maximum atomic E-state index is 14.8. The third-order valence-electron chi connectivity index (χ3n) is 4.63. The van der Waals surface area contributed by atoms with Gasteiger partial charge in [0.05, 0.1) is 16.8 Å². The zero-order valence-corrected chi connectivity index (χ0v) is 13.3. The molecule has 0 aromatic carbocycles. The van der Waals surface area contributed by atoms with E-state index in [2.05, 4.69) is 10.3 Å². The van der Waals surface area contributed by atoms with Crippen LogP contribution in [0.25, 0.3) is 0 Å². The highest BCUT2D eigenvalue weighted by Crippen LogP contribution is 2.49. The SMILES string of the molecule is CN1C(=O)C(C)(C)C2CC=C(NC(=O)c3ccncc3)C(F)=C21. The summed E-state index contributed by atoms with van der Waals surface area (Å²) >= 11 is 0. The van der Waals surface area contributed by atoms with E-state index in [0.29, 0.717) is 17.7 Å². The number of fused-ring (bicyclic) bond motifs is 1. The number of hydrogen-bond donors (Lipinski definition) is 1. The third-order valence-corrected chi connectivity index (χ3v) is 4.63. The normalized spacial score (nSPS) is 22.8. The zero-order chi connectivity index (χ0) is 16.8. The number of halogens is 1. The summed E-state index contributed by atoms with van der Waals surface area (Å²) in [5.41, 5.74) is 0.235. The molecule has 1 unspecified atom stereocenters. The summed E-state index contributed by atoms with van der Waals surface area (Å²) in [7, 11) is 1.58. The fourth-order valence-corrected chi connectivity index (χ4v) is 3.24. The Labute approximate surface area is 133 Å². The van der Waals surface area contributed by atoms with Crippen LogP contribution in [0.15, 0.2) is 47.8 Å². The lowest BCUT2D eigenvalue weighted by Gasteiger charge is -2.26. The van der Waals surface area contributed by atoms with Crippen molar-refractivity contribution < 1.29 is 14.0 Å². The van der Waals surface area contributed by atoms with Crippen LogP contribution < -0.4 is 5.32 Å². The summed E-state index contributed by atoms with van der Waals surface area (Å²) in [5, 5.41) is 2.58. The number of carbonyl (C=O) groups is 2. The molecule has 1 saturated heterocycles. The average molecular weight is 315 g/mol. The van der Waals surface area contributed by atoms with E-state index in [-0.39, 0.29) is 17.5 Å². The molecule has 1 N–H and O–H groups in total. The monoisotopic (exact) mass is 315 g/mol. The molecule has 0 bridgehead atoms. The number of rotatable bonds is 2. The van der Waals surface area contributed by atoms with E-state index < -0.39 is 17.1 Å². The molecule has 2 heterocycles. The average Bonchev–Trinajstić information content (AvgIpc) is 2.72. The molecule has 2 amide bonds. The van der Waals surface area contributed by atoms with E-state index in [0.717, 1.165) is 0 Å². The number of nitrogens with zero attached hydrogens (tertiary/aromatic N) is 2. The van der Waals surface area contributed by atoms with Crippen molar-refractivity contribution in [3.05, 3.63) is 53.4 Å². The summed E-state index contributed by atoms with van der Waals surface area (Å²) in [6, 6.07) is 3.11. The second-order valence-electron chi connectivity index (χ2n) is 6.38. The Morgan fingerprint density at radius 1 is 1.39 bits per heavy atom. The van der Waals surface area contributed by atoms with Gasteiger partial charge in [0.2, 0.25) is 5.91 Å². The fourth-order valence-electron chi connectivity index (χ4n) is 3.24. The Bertz CT molecular complexity index is 737. The van der Waals surface area contributed by atoms with Gasteiger partial charge in [-0.15, -0.1) is 0 Å². The predicted octanol–water partition coefficient (Wildman–Crippen LogP) is 2.39. The molecule has 0 radical (unpaired) electrons. The van der Waals surface area contributed by atoms with Crippen molar-refractivity contribution in [3.63, 3.8) is 0 Å². The highest BCUT2D eigenvalue weighted by atomic mass is 19.1. The minimum absolute atomic E-state index is 0.109. The summed E-state index contributed by atoms with van der Waals surface area (Å²) in [5.74, 6) is -1.26. The largest absolute Gasteiger partial charge is 0.320 e. The molecule has 120 valence electrons. The molecular formula is C17H18FN3O2. The lowest BCUT2D eigenvalue weighted by atomic mass is 9.76. The quantitative estimate of drug-likeness (QED) is 0.911. The van der Waals surface area contributed by atoms with Crippen LogP contribution in [0.1, 0.15) is 30.6 Å². The Balaban J connectivity index is 1.89. The number of amides is 2. The Kier molecular flexibility index (Phi) is 3.55. The molecule has 0 saturated carbocycles. The van der Waals surface area contributed by atoms with E-state index in [9.17, 15) is 14.0 Å². The Morgan fingerprint density at radius 2 is 2.04 bits per heavy atom. The first-order valence-electron chi connectivity index (χ1n) is 7.43. The highest BCUT2D eigenvalue weighted by Gasteiger charge is 2.51. The van der Waals surface area contributed by atoms with Crippen LogP contribution in [-0.2, 0) is 4.79 Å². The smallest absolute Gasteiger partial charge is 0.255 e. The summed E-state index contributed by atoms with van der Waals surface area (Å²) in [4.78, 5) is 29.7. The summed E-state index contributed by atoms with van der Waals surface area (Å²) < 4.78 is 14.8. The first kappa shape index (κ1) is 15.4. The number of likely N-dealkylation sites (tertiary alicyclic amines) is 1. The van der Waals surface area contributed by atoms with Gasteiger partial charge in [-0.05, 0) is 18.6 Å². The minimum atomic E-state index is -0.640. The van der Waals surface area contributed by atoms with Crippen LogP contribution in [0.2, 0.25) is 0 Å².